The molecule has 1 saturated carbocycles. The molecule has 0 aromatic heterocycles. The van der Waals surface area contributed by atoms with Gasteiger partial charge in [0, 0.05) is 19.0 Å². The molecule has 0 bridgehead atoms. The van der Waals surface area contributed by atoms with Crippen LogP contribution in [0, 0.1) is 5.92 Å². The van der Waals surface area contributed by atoms with Gasteiger partial charge in [-0.3, -0.25) is 4.79 Å². The number of rotatable bonds is 10. The summed E-state index contributed by atoms with van der Waals surface area (Å²) in [6, 6.07) is 8.52. The monoisotopic (exact) mass is 424 g/mol. The molecule has 0 radical (unpaired) electrons. The highest BCUT2D eigenvalue weighted by molar-refractivity contribution is 7.98. The first-order valence-electron chi connectivity index (χ1n) is 9.90. The largest absolute Gasteiger partial charge is 0.344 e. The highest BCUT2D eigenvalue weighted by Crippen LogP contribution is 2.24. The summed E-state index contributed by atoms with van der Waals surface area (Å²) in [7, 11) is -1.92. The van der Waals surface area contributed by atoms with E-state index in [1.54, 1.807) is 29.8 Å². The van der Waals surface area contributed by atoms with E-state index in [2.05, 4.69) is 4.72 Å². The van der Waals surface area contributed by atoms with Crippen LogP contribution in [0.3, 0.4) is 0 Å². The zero-order chi connectivity index (χ0) is 20.4. The number of nitrogens with zero attached hydrogens (tertiary/aromatic N) is 1. The van der Waals surface area contributed by atoms with Crippen molar-refractivity contribution in [2.75, 3.05) is 25.6 Å². The Balaban J connectivity index is 2.02. The molecule has 1 aliphatic rings. The summed E-state index contributed by atoms with van der Waals surface area (Å²) in [6.45, 7) is 0.705. The Hall–Kier alpha value is -1.31. The predicted molar refractivity (Wildman–Crippen MR) is 119 cm³/mol. The van der Waals surface area contributed by atoms with Gasteiger partial charge in [-0.25, -0.2) is 8.42 Å². The Morgan fingerprint density at radius 3 is 2.57 bits per heavy atom. The van der Waals surface area contributed by atoms with Crippen LogP contribution in [-0.2, 0) is 14.8 Å². The van der Waals surface area contributed by atoms with Gasteiger partial charge < -0.3 is 4.90 Å². The normalized spacial score (nSPS) is 16.9. The third kappa shape index (κ3) is 7.97. The molecule has 0 spiro atoms. The lowest BCUT2D eigenvalue weighted by Crippen LogP contribution is -2.48. The van der Waals surface area contributed by atoms with Gasteiger partial charge in [0.2, 0.25) is 15.9 Å². The standard InChI is InChI=1S/C21H32N2O3S2/c1-23(17-19-11-7-4-8-12-19)21(24)20(13-15-27-2)22-28(25,26)16-14-18-9-5-3-6-10-18/h3,5-6,9-10,14,16,19-20,22H,4,7-8,11-13,15,17H2,1-2H3/b16-14-/t20-/m0/s1. The van der Waals surface area contributed by atoms with Gasteiger partial charge in [-0.05, 0) is 48.8 Å². The second-order valence-corrected chi connectivity index (χ2v) is 10.0. The van der Waals surface area contributed by atoms with Crippen molar-refractivity contribution in [3.63, 3.8) is 0 Å². The van der Waals surface area contributed by atoms with Crippen LogP contribution < -0.4 is 4.72 Å². The van der Waals surface area contributed by atoms with Crippen LogP contribution >= 0.6 is 11.8 Å². The molecular formula is C21H32N2O3S2. The molecule has 1 N–H and O–H groups in total. The SMILES string of the molecule is CSCC[C@H](NS(=O)(=O)/C=C\c1ccccc1)C(=O)N(C)CC1CCCCC1. The van der Waals surface area contributed by atoms with Crippen molar-refractivity contribution in [2.24, 2.45) is 5.92 Å². The summed E-state index contributed by atoms with van der Waals surface area (Å²) in [5, 5.41) is 1.14. The third-order valence-corrected chi connectivity index (χ3v) is 6.84. The summed E-state index contributed by atoms with van der Waals surface area (Å²) < 4.78 is 27.6. The molecule has 7 heteroatoms. The second kappa shape index (κ2) is 11.6. The highest BCUT2D eigenvalue weighted by Gasteiger charge is 2.27. The van der Waals surface area contributed by atoms with E-state index in [0.717, 1.165) is 29.6 Å². The summed E-state index contributed by atoms with van der Waals surface area (Å²) in [4.78, 5) is 14.7. The Bertz CT molecular complexity index is 729. The van der Waals surface area contributed by atoms with Crippen molar-refractivity contribution in [1.82, 2.24) is 9.62 Å². The second-order valence-electron chi connectivity index (χ2n) is 7.43. The Morgan fingerprint density at radius 2 is 1.93 bits per heavy atom. The number of sulfonamides is 1. The van der Waals surface area contributed by atoms with Gasteiger partial charge in [0.1, 0.15) is 6.04 Å². The van der Waals surface area contributed by atoms with Crippen molar-refractivity contribution in [3.05, 3.63) is 41.3 Å². The minimum atomic E-state index is -3.71. The molecule has 1 aromatic rings. The maximum atomic E-state index is 12.9. The maximum absolute atomic E-state index is 12.9. The zero-order valence-corrected chi connectivity index (χ0v) is 18.5. The minimum Gasteiger partial charge on any atom is -0.344 e. The van der Waals surface area contributed by atoms with Crippen LogP contribution in [0.2, 0.25) is 0 Å². The van der Waals surface area contributed by atoms with Gasteiger partial charge in [0.25, 0.3) is 0 Å². The van der Waals surface area contributed by atoms with Crippen molar-refractivity contribution < 1.29 is 13.2 Å². The molecule has 0 heterocycles. The van der Waals surface area contributed by atoms with E-state index in [1.165, 1.54) is 19.3 Å². The number of benzene rings is 1. The number of nitrogens with one attached hydrogen (secondary N) is 1. The quantitative estimate of drug-likeness (QED) is 0.621. The number of thioether (sulfide) groups is 1. The van der Waals surface area contributed by atoms with E-state index < -0.39 is 16.1 Å². The molecule has 0 unspecified atom stereocenters. The Kier molecular flexibility index (Phi) is 9.55. The molecule has 0 aliphatic heterocycles. The van der Waals surface area contributed by atoms with Crippen LogP contribution in [0.15, 0.2) is 35.7 Å². The molecule has 1 aromatic carbocycles. The fourth-order valence-corrected chi connectivity index (χ4v) is 5.05. The molecule has 1 fully saturated rings. The Morgan fingerprint density at radius 1 is 1.25 bits per heavy atom. The van der Waals surface area contributed by atoms with E-state index >= 15 is 0 Å². The van der Waals surface area contributed by atoms with Crippen molar-refractivity contribution in [2.45, 2.75) is 44.6 Å². The minimum absolute atomic E-state index is 0.142. The summed E-state index contributed by atoms with van der Waals surface area (Å²) >= 11 is 1.61. The summed E-state index contributed by atoms with van der Waals surface area (Å²) in [5.74, 6) is 1.10. The third-order valence-electron chi connectivity index (χ3n) is 5.09. The molecule has 1 atom stereocenters. The lowest BCUT2D eigenvalue weighted by Gasteiger charge is -2.29. The van der Waals surface area contributed by atoms with Gasteiger partial charge in [-0.2, -0.15) is 16.5 Å². The molecule has 1 amide bonds. The maximum Gasteiger partial charge on any atom is 0.240 e. The highest BCUT2D eigenvalue weighted by atomic mass is 32.2. The first-order valence-corrected chi connectivity index (χ1v) is 12.8. The van der Waals surface area contributed by atoms with Crippen molar-refractivity contribution in [1.29, 1.82) is 0 Å². The van der Waals surface area contributed by atoms with Crippen LogP contribution in [0.5, 0.6) is 0 Å². The first kappa shape index (κ1) is 23.0. The van der Waals surface area contributed by atoms with Gasteiger partial charge in [-0.1, -0.05) is 49.6 Å². The first-order chi connectivity index (χ1) is 13.4. The Labute approximate surface area is 174 Å². The molecular weight excluding hydrogens is 392 g/mol. The van der Waals surface area contributed by atoms with Gasteiger partial charge in [0.15, 0.2) is 0 Å². The molecule has 5 nitrogen and oxygen atoms in total. The van der Waals surface area contributed by atoms with Crippen LogP contribution in [0.4, 0.5) is 0 Å². The predicted octanol–water partition coefficient (Wildman–Crippen LogP) is 3.74. The van der Waals surface area contributed by atoms with E-state index in [1.807, 2.05) is 36.6 Å². The van der Waals surface area contributed by atoms with Gasteiger partial charge in [-0.15, -0.1) is 0 Å². The summed E-state index contributed by atoms with van der Waals surface area (Å²) in [6.07, 6.45) is 10.0. The molecule has 156 valence electrons. The van der Waals surface area contributed by atoms with E-state index in [4.69, 9.17) is 0 Å². The number of carbonyl (C=O) groups excluding carboxylic acids is 1. The van der Waals surface area contributed by atoms with Crippen LogP contribution in [-0.4, -0.2) is 50.9 Å². The number of carbonyl (C=O) groups is 1. The average Bonchev–Trinajstić information content (AvgIpc) is 2.70. The lowest BCUT2D eigenvalue weighted by atomic mass is 9.89. The smallest absolute Gasteiger partial charge is 0.240 e. The van der Waals surface area contributed by atoms with Crippen molar-refractivity contribution >= 4 is 33.8 Å². The van der Waals surface area contributed by atoms with E-state index in [0.29, 0.717) is 18.9 Å². The summed E-state index contributed by atoms with van der Waals surface area (Å²) in [5.41, 5.74) is 0.800. The van der Waals surface area contributed by atoms with Crippen LogP contribution in [0.25, 0.3) is 6.08 Å². The zero-order valence-electron chi connectivity index (χ0n) is 16.8. The fraction of sp³-hybridized carbons (Fsp3) is 0.571. The van der Waals surface area contributed by atoms with Crippen LogP contribution in [0.1, 0.15) is 44.1 Å². The number of likely N-dealkylation sites (N-methyl/N-ethyl adjacent to an activating group) is 1. The van der Waals surface area contributed by atoms with Gasteiger partial charge in [0.05, 0.1) is 0 Å². The van der Waals surface area contributed by atoms with E-state index in [-0.39, 0.29) is 5.91 Å². The topological polar surface area (TPSA) is 66.5 Å². The molecule has 28 heavy (non-hydrogen) atoms. The average molecular weight is 425 g/mol. The van der Waals surface area contributed by atoms with Crippen molar-refractivity contribution in [3.8, 4) is 0 Å². The fourth-order valence-electron chi connectivity index (χ4n) is 3.55. The molecule has 1 aliphatic carbocycles. The number of hydrogen-bond acceptors (Lipinski definition) is 4. The van der Waals surface area contributed by atoms with E-state index in [9.17, 15) is 13.2 Å². The molecule has 2 rings (SSSR count). The number of hydrogen-bond donors (Lipinski definition) is 1. The lowest BCUT2D eigenvalue weighted by molar-refractivity contribution is -0.132. The number of amides is 1. The van der Waals surface area contributed by atoms with Gasteiger partial charge >= 0.3 is 0 Å². The molecule has 0 saturated heterocycles.